The molecule has 0 saturated carbocycles. The van der Waals surface area contributed by atoms with Crippen molar-refractivity contribution in [2.45, 2.75) is 33.4 Å². The molecule has 0 radical (unpaired) electrons. The Balaban J connectivity index is 1.48. The minimum Gasteiger partial charge on any atom is -0.490 e. The number of carbonyl (C=O) groups excluding carboxylic acids is 1. The molecule has 8 nitrogen and oxygen atoms in total. The Morgan fingerprint density at radius 2 is 1.79 bits per heavy atom. The maximum Gasteiger partial charge on any atom is 0.255 e. The van der Waals surface area contributed by atoms with E-state index in [1.807, 2.05) is 44.2 Å². The molecule has 9 heteroatoms. The van der Waals surface area contributed by atoms with Crippen molar-refractivity contribution in [2.24, 2.45) is 0 Å². The first-order valence-corrected chi connectivity index (χ1v) is 12.7. The van der Waals surface area contributed by atoms with Crippen molar-refractivity contribution < 1.29 is 14.3 Å². The van der Waals surface area contributed by atoms with E-state index in [0.29, 0.717) is 52.6 Å². The van der Waals surface area contributed by atoms with Crippen molar-refractivity contribution in [1.29, 1.82) is 0 Å². The van der Waals surface area contributed by atoms with Crippen LogP contribution in [0.2, 0.25) is 5.02 Å². The van der Waals surface area contributed by atoms with Crippen LogP contribution >= 0.6 is 11.6 Å². The second-order valence-corrected chi connectivity index (χ2v) is 9.41. The molecule has 1 amide bonds. The van der Waals surface area contributed by atoms with Gasteiger partial charge in [-0.25, -0.2) is 4.68 Å². The molecule has 0 saturated heterocycles. The molecule has 38 heavy (non-hydrogen) atoms. The van der Waals surface area contributed by atoms with Crippen LogP contribution in [-0.2, 0) is 11.4 Å². The van der Waals surface area contributed by atoms with Gasteiger partial charge in [0.25, 0.3) is 5.91 Å². The van der Waals surface area contributed by atoms with E-state index in [2.05, 4.69) is 39.8 Å². The quantitative estimate of drug-likeness (QED) is 0.285. The minimum atomic E-state index is -0.536. The number of amides is 1. The second kappa shape index (κ2) is 11.0. The third kappa shape index (κ3) is 5.35. The fraction of sp³-hybridized carbons (Fsp3) is 0.207. The van der Waals surface area contributed by atoms with Gasteiger partial charge in [0, 0.05) is 16.4 Å². The predicted octanol–water partition coefficient (Wildman–Crippen LogP) is 6.15. The summed E-state index contributed by atoms with van der Waals surface area (Å²) in [5.41, 5.74) is 4.89. The van der Waals surface area contributed by atoms with E-state index in [1.54, 1.807) is 28.9 Å². The van der Waals surface area contributed by atoms with E-state index in [1.165, 1.54) is 11.9 Å². The number of aromatic nitrogens is 3. The highest BCUT2D eigenvalue weighted by Crippen LogP contribution is 2.39. The molecule has 1 aliphatic heterocycles. The second-order valence-electron chi connectivity index (χ2n) is 8.97. The molecule has 0 aliphatic carbocycles. The molecule has 3 aromatic carbocycles. The first-order valence-electron chi connectivity index (χ1n) is 12.3. The Morgan fingerprint density at radius 3 is 2.53 bits per heavy atom. The number of nitrogens with one attached hydrogen (secondary N) is 2. The summed E-state index contributed by atoms with van der Waals surface area (Å²) >= 11 is 6.01. The zero-order valence-electron chi connectivity index (χ0n) is 21.4. The largest absolute Gasteiger partial charge is 0.490 e. The summed E-state index contributed by atoms with van der Waals surface area (Å²) in [4.78, 5) is 17.9. The monoisotopic (exact) mass is 529 g/mol. The number of benzene rings is 3. The fourth-order valence-corrected chi connectivity index (χ4v) is 4.48. The van der Waals surface area contributed by atoms with Gasteiger partial charge in [-0.15, -0.1) is 0 Å². The normalized spacial score (nSPS) is 14.5. The molecule has 2 heterocycles. The highest BCUT2D eigenvalue weighted by molar-refractivity contribution is 6.30. The van der Waals surface area contributed by atoms with Gasteiger partial charge in [0.1, 0.15) is 19.0 Å². The summed E-state index contributed by atoms with van der Waals surface area (Å²) < 4.78 is 13.8. The van der Waals surface area contributed by atoms with E-state index in [0.717, 1.165) is 11.1 Å². The number of hydrogen-bond donors (Lipinski definition) is 2. The van der Waals surface area contributed by atoms with Gasteiger partial charge < -0.3 is 20.1 Å². The van der Waals surface area contributed by atoms with Crippen LogP contribution in [0.4, 0.5) is 11.6 Å². The van der Waals surface area contributed by atoms with Crippen LogP contribution in [0.25, 0.3) is 0 Å². The molecule has 0 unspecified atom stereocenters. The summed E-state index contributed by atoms with van der Waals surface area (Å²) in [5, 5.41) is 11.2. The van der Waals surface area contributed by atoms with Crippen LogP contribution in [0.3, 0.4) is 0 Å². The van der Waals surface area contributed by atoms with Gasteiger partial charge in [-0.1, -0.05) is 47.5 Å². The Morgan fingerprint density at radius 1 is 1.03 bits per heavy atom. The third-order valence-electron chi connectivity index (χ3n) is 6.24. The van der Waals surface area contributed by atoms with Crippen molar-refractivity contribution in [3.8, 4) is 11.5 Å². The minimum absolute atomic E-state index is 0.263. The maximum atomic E-state index is 13.6. The van der Waals surface area contributed by atoms with Crippen molar-refractivity contribution in [3.63, 3.8) is 0 Å². The number of fused-ring (bicyclic) bond motifs is 1. The number of allylic oxidation sites excluding steroid dienone is 1. The Labute approximate surface area is 226 Å². The number of hydrogen-bond acceptors (Lipinski definition) is 6. The van der Waals surface area contributed by atoms with Crippen LogP contribution in [0, 0.1) is 6.92 Å². The topological polar surface area (TPSA) is 90.3 Å². The smallest absolute Gasteiger partial charge is 0.255 e. The van der Waals surface area contributed by atoms with Gasteiger partial charge in [0.15, 0.2) is 11.5 Å². The molecule has 1 aliphatic rings. The maximum absolute atomic E-state index is 13.6. The molecule has 194 valence electrons. The molecule has 0 fully saturated rings. The van der Waals surface area contributed by atoms with Crippen molar-refractivity contribution in [2.75, 3.05) is 17.2 Å². The Hall–Kier alpha value is -4.30. The number of ether oxygens (including phenoxy) is 2. The number of anilines is 2. The van der Waals surface area contributed by atoms with E-state index in [9.17, 15) is 4.79 Å². The van der Waals surface area contributed by atoms with E-state index in [4.69, 9.17) is 21.1 Å². The molecule has 1 aromatic heterocycles. The zero-order chi connectivity index (χ0) is 26.6. The fourth-order valence-electron chi connectivity index (χ4n) is 4.35. The van der Waals surface area contributed by atoms with E-state index in [-0.39, 0.29) is 5.91 Å². The van der Waals surface area contributed by atoms with Gasteiger partial charge in [0.05, 0.1) is 12.2 Å². The summed E-state index contributed by atoms with van der Waals surface area (Å²) in [6.45, 7) is 6.70. The summed E-state index contributed by atoms with van der Waals surface area (Å²) in [6.07, 6.45) is 1.46. The number of rotatable bonds is 8. The SMILES string of the molecule is CCOc1cc([C@@H]2C(C(=O)Nc3ccc(Cl)cc3)=C(C)Nc3ncnn32)ccc1OCc1ccc(C)cc1. The number of carbonyl (C=O) groups is 1. The van der Waals surface area contributed by atoms with Crippen LogP contribution in [0.1, 0.15) is 36.6 Å². The lowest BCUT2D eigenvalue weighted by Gasteiger charge is -2.29. The first kappa shape index (κ1) is 25.4. The van der Waals surface area contributed by atoms with Gasteiger partial charge in [-0.05, 0) is 68.3 Å². The average molecular weight is 530 g/mol. The number of nitrogens with zero attached hydrogens (tertiary/aromatic N) is 3. The lowest BCUT2D eigenvalue weighted by Crippen LogP contribution is -2.31. The molecule has 0 bridgehead atoms. The highest BCUT2D eigenvalue weighted by atomic mass is 35.5. The molecular formula is C29H28ClN5O3. The molecule has 1 atom stereocenters. The lowest BCUT2D eigenvalue weighted by molar-refractivity contribution is -0.113. The van der Waals surface area contributed by atoms with E-state index < -0.39 is 6.04 Å². The van der Waals surface area contributed by atoms with Crippen LogP contribution in [-0.4, -0.2) is 27.3 Å². The Bertz CT molecular complexity index is 1480. The van der Waals surface area contributed by atoms with Gasteiger partial charge in [-0.2, -0.15) is 10.1 Å². The molecule has 0 spiro atoms. The van der Waals surface area contributed by atoms with Crippen molar-refractivity contribution >= 4 is 29.1 Å². The van der Waals surface area contributed by atoms with Crippen LogP contribution in [0.5, 0.6) is 11.5 Å². The first-order chi connectivity index (χ1) is 18.4. The number of aryl methyl sites for hydroxylation is 1. The summed E-state index contributed by atoms with van der Waals surface area (Å²) in [5.74, 6) is 1.50. The third-order valence-corrected chi connectivity index (χ3v) is 6.49. The molecule has 4 aromatic rings. The predicted molar refractivity (Wildman–Crippen MR) is 148 cm³/mol. The zero-order valence-corrected chi connectivity index (χ0v) is 22.1. The molecular weight excluding hydrogens is 502 g/mol. The Kier molecular flexibility index (Phi) is 7.33. The van der Waals surface area contributed by atoms with Gasteiger partial charge >= 0.3 is 0 Å². The van der Waals surface area contributed by atoms with Crippen LogP contribution < -0.4 is 20.1 Å². The highest BCUT2D eigenvalue weighted by Gasteiger charge is 2.34. The van der Waals surface area contributed by atoms with Crippen LogP contribution in [0.15, 0.2) is 84.3 Å². The lowest BCUT2D eigenvalue weighted by atomic mass is 9.94. The van der Waals surface area contributed by atoms with Crippen molar-refractivity contribution in [1.82, 2.24) is 14.8 Å². The summed E-state index contributed by atoms with van der Waals surface area (Å²) in [7, 11) is 0. The van der Waals surface area contributed by atoms with Gasteiger partial charge in [-0.3, -0.25) is 4.79 Å². The van der Waals surface area contributed by atoms with Crippen molar-refractivity contribution in [3.05, 3.63) is 106 Å². The number of halogens is 1. The standard InChI is InChI=1S/C29H28ClN5O3/c1-4-37-25-15-21(9-14-24(25)38-16-20-7-5-18(2)6-8-20)27-26(19(3)33-29-31-17-32-35(27)29)28(36)34-23-12-10-22(30)11-13-23/h5-15,17,27H,4,16H2,1-3H3,(H,34,36)(H,31,32,33)/t27-/m1/s1. The molecule has 5 rings (SSSR count). The van der Waals surface area contributed by atoms with Gasteiger partial charge in [0.2, 0.25) is 5.95 Å². The average Bonchev–Trinajstić information content (AvgIpc) is 3.37. The molecule has 2 N–H and O–H groups in total. The van der Waals surface area contributed by atoms with E-state index >= 15 is 0 Å². The summed E-state index contributed by atoms with van der Waals surface area (Å²) in [6, 6.07) is 20.4.